The number of hydrogen-bond acceptors (Lipinski definition) is 7. The van der Waals surface area contributed by atoms with E-state index in [0.717, 1.165) is 100.0 Å². The van der Waals surface area contributed by atoms with Crippen molar-refractivity contribution in [1.82, 2.24) is 25.0 Å². The summed E-state index contributed by atoms with van der Waals surface area (Å²) in [5, 5.41) is 30.4. The first-order valence-electron chi connectivity index (χ1n) is 19.2. The van der Waals surface area contributed by atoms with Gasteiger partial charge in [0, 0.05) is 98.1 Å². The molecule has 1 amide bonds. The summed E-state index contributed by atoms with van der Waals surface area (Å²) in [6.45, 7) is 6.50. The van der Waals surface area contributed by atoms with Gasteiger partial charge in [-0.15, -0.1) is 0 Å². The van der Waals surface area contributed by atoms with Gasteiger partial charge in [-0.3, -0.25) is 19.6 Å². The monoisotopic (exact) mass is 777 g/mol. The number of aryl methyl sites for hydroxylation is 4. The number of hydrogen-bond donors (Lipinski definition) is 1. The molecule has 2 atom stereocenters. The Morgan fingerprint density at radius 2 is 1.22 bits per heavy atom. The summed E-state index contributed by atoms with van der Waals surface area (Å²) in [5.41, 5.74) is 9.65. The standard InChI is InChI=1S/C25H25ClN4O2.C18H20ClN3O/c26-21-7-8-22-20(16-21)6-5-19-4-2-10-30(32)24(19)25(22)29-13-11-28(12-14-29)23(31)15-18-3-1-9-27-17-18;19-15-5-6-16-14(12-15)4-3-13-2-1-9-22(23)17(13)18(16)21-10-7-20-8-11-21/h1-4,7-10,16-17,25H,5-6,11-15H2;1-2,5-6,9,12,18,20H,3-4,7-8,10-11H2. The van der Waals surface area contributed by atoms with Gasteiger partial charge in [-0.1, -0.05) is 41.4 Å². The van der Waals surface area contributed by atoms with Crippen LogP contribution < -0.4 is 14.8 Å². The highest BCUT2D eigenvalue weighted by Crippen LogP contribution is 2.38. The highest BCUT2D eigenvalue weighted by atomic mass is 35.5. The lowest BCUT2D eigenvalue weighted by Gasteiger charge is -2.39. The van der Waals surface area contributed by atoms with E-state index in [2.05, 4.69) is 50.4 Å². The van der Waals surface area contributed by atoms with Gasteiger partial charge < -0.3 is 20.6 Å². The van der Waals surface area contributed by atoms with Crippen molar-refractivity contribution in [1.29, 1.82) is 0 Å². The zero-order chi connectivity index (χ0) is 37.9. The summed E-state index contributed by atoms with van der Waals surface area (Å²) in [4.78, 5) is 23.6. The number of halogens is 2. The fourth-order valence-electron chi connectivity index (χ4n) is 8.75. The van der Waals surface area contributed by atoms with Crippen molar-refractivity contribution in [2.75, 3.05) is 52.4 Å². The Labute approximate surface area is 332 Å². The number of carbonyl (C=O) groups excluding carboxylic acids is 1. The van der Waals surface area contributed by atoms with E-state index in [-0.39, 0.29) is 18.0 Å². The number of rotatable bonds is 4. The Morgan fingerprint density at radius 1 is 0.691 bits per heavy atom. The second kappa shape index (κ2) is 16.6. The van der Waals surface area contributed by atoms with E-state index in [9.17, 15) is 15.2 Å². The van der Waals surface area contributed by atoms with Crippen LogP contribution in [0.4, 0.5) is 0 Å². The van der Waals surface area contributed by atoms with Crippen molar-refractivity contribution in [3.8, 4) is 0 Å². The molecule has 1 N–H and O–H groups in total. The molecule has 0 saturated carbocycles. The van der Waals surface area contributed by atoms with Gasteiger partial charge in [-0.25, -0.2) is 0 Å². The first kappa shape index (κ1) is 37.3. The summed E-state index contributed by atoms with van der Waals surface area (Å²) >= 11 is 12.5. The molecule has 0 radical (unpaired) electrons. The van der Waals surface area contributed by atoms with E-state index in [1.165, 1.54) is 16.7 Å². The van der Waals surface area contributed by atoms with Crippen LogP contribution in [-0.4, -0.2) is 77.9 Å². The normalized spacial score (nSPS) is 19.7. The number of piperazine rings is 2. The summed E-state index contributed by atoms with van der Waals surface area (Å²) in [6, 6.07) is 23.6. The summed E-state index contributed by atoms with van der Waals surface area (Å²) in [7, 11) is 0. The van der Waals surface area contributed by atoms with Gasteiger partial charge in [-0.2, -0.15) is 9.46 Å². The molecule has 2 aliphatic carbocycles. The first-order chi connectivity index (χ1) is 26.8. The molecule has 2 fully saturated rings. The number of fused-ring (bicyclic) bond motifs is 4. The topological polar surface area (TPSA) is 106 Å². The number of nitrogens with zero attached hydrogens (tertiary/aromatic N) is 6. The van der Waals surface area contributed by atoms with Crippen LogP contribution in [0.2, 0.25) is 10.0 Å². The Balaban J connectivity index is 0.000000164. The molecular weight excluding hydrogens is 733 g/mol. The molecule has 9 rings (SSSR count). The number of aromatic nitrogens is 3. The Kier molecular flexibility index (Phi) is 11.3. The number of benzene rings is 2. The predicted molar refractivity (Wildman–Crippen MR) is 213 cm³/mol. The summed E-state index contributed by atoms with van der Waals surface area (Å²) < 4.78 is 2.08. The molecular formula is C43H45Cl2N7O3. The molecule has 0 bridgehead atoms. The maximum Gasteiger partial charge on any atom is 0.227 e. The molecule has 284 valence electrons. The van der Waals surface area contributed by atoms with Gasteiger partial charge in [-0.05, 0) is 96.0 Å². The average Bonchev–Trinajstić information content (AvgIpc) is 3.48. The van der Waals surface area contributed by atoms with Crippen LogP contribution in [0.5, 0.6) is 0 Å². The highest BCUT2D eigenvalue weighted by Gasteiger charge is 2.38. The zero-order valence-electron chi connectivity index (χ0n) is 30.7. The minimum atomic E-state index is -0.144. The van der Waals surface area contributed by atoms with Crippen LogP contribution in [0.15, 0.2) is 97.6 Å². The molecule has 3 aromatic heterocycles. The van der Waals surface area contributed by atoms with Crippen LogP contribution >= 0.6 is 23.2 Å². The van der Waals surface area contributed by atoms with Crippen molar-refractivity contribution in [3.05, 3.63) is 168 Å². The lowest BCUT2D eigenvalue weighted by Crippen LogP contribution is -2.52. The van der Waals surface area contributed by atoms with Crippen molar-refractivity contribution in [2.45, 2.75) is 44.2 Å². The minimum Gasteiger partial charge on any atom is -0.618 e. The van der Waals surface area contributed by atoms with Gasteiger partial charge in [0.1, 0.15) is 12.1 Å². The van der Waals surface area contributed by atoms with Crippen LogP contribution in [0.1, 0.15) is 62.4 Å². The fraction of sp³-hybridized carbons (Fsp3) is 0.349. The van der Waals surface area contributed by atoms with E-state index < -0.39 is 0 Å². The number of nitrogens with one attached hydrogen (secondary N) is 1. The zero-order valence-corrected chi connectivity index (χ0v) is 32.3. The molecule has 10 nitrogen and oxygen atoms in total. The Morgan fingerprint density at radius 3 is 1.75 bits per heavy atom. The third-order valence-electron chi connectivity index (χ3n) is 11.4. The first-order valence-corrected chi connectivity index (χ1v) is 19.9. The molecule has 2 aliphatic heterocycles. The fourth-order valence-corrected chi connectivity index (χ4v) is 9.14. The minimum absolute atomic E-state index is 0.0144. The molecule has 12 heteroatoms. The van der Waals surface area contributed by atoms with Crippen LogP contribution in [0.3, 0.4) is 0 Å². The van der Waals surface area contributed by atoms with E-state index >= 15 is 0 Å². The lowest BCUT2D eigenvalue weighted by atomic mass is 9.96. The Bertz CT molecular complexity index is 2160. The van der Waals surface area contributed by atoms with Crippen molar-refractivity contribution < 1.29 is 14.3 Å². The molecule has 55 heavy (non-hydrogen) atoms. The average molecular weight is 779 g/mol. The third kappa shape index (κ3) is 8.06. The van der Waals surface area contributed by atoms with Crippen LogP contribution in [-0.2, 0) is 36.9 Å². The van der Waals surface area contributed by atoms with Crippen LogP contribution in [0.25, 0.3) is 0 Å². The molecule has 0 spiro atoms. The third-order valence-corrected chi connectivity index (χ3v) is 11.9. The maximum atomic E-state index is 12.9. The van der Waals surface area contributed by atoms with Crippen molar-refractivity contribution >= 4 is 29.1 Å². The molecule has 2 saturated heterocycles. The smallest absolute Gasteiger partial charge is 0.227 e. The lowest BCUT2D eigenvalue weighted by molar-refractivity contribution is -0.617. The van der Waals surface area contributed by atoms with Crippen LogP contribution in [0, 0.1) is 10.4 Å². The second-order valence-electron chi connectivity index (χ2n) is 14.7. The molecule has 4 aliphatic rings. The van der Waals surface area contributed by atoms with E-state index in [0.29, 0.717) is 37.6 Å². The number of pyridine rings is 3. The van der Waals surface area contributed by atoms with E-state index in [1.807, 2.05) is 47.4 Å². The predicted octanol–water partition coefficient (Wildman–Crippen LogP) is 5.01. The number of amides is 1. The van der Waals surface area contributed by atoms with Gasteiger partial charge in [0.05, 0.1) is 6.42 Å². The highest BCUT2D eigenvalue weighted by molar-refractivity contribution is 6.31. The van der Waals surface area contributed by atoms with Gasteiger partial charge in [0.15, 0.2) is 12.4 Å². The number of carbonyl (C=O) groups is 1. The Hall–Kier alpha value is -4.58. The van der Waals surface area contributed by atoms with E-state index in [4.69, 9.17) is 23.2 Å². The van der Waals surface area contributed by atoms with Crippen molar-refractivity contribution in [3.63, 3.8) is 0 Å². The molecule has 5 heterocycles. The molecule has 5 aromatic rings. The van der Waals surface area contributed by atoms with Gasteiger partial charge in [0.2, 0.25) is 17.3 Å². The van der Waals surface area contributed by atoms with Gasteiger partial charge in [0.25, 0.3) is 0 Å². The van der Waals surface area contributed by atoms with Crippen molar-refractivity contribution in [2.24, 2.45) is 0 Å². The second-order valence-corrected chi connectivity index (χ2v) is 15.6. The quantitative estimate of drug-likeness (QED) is 0.202. The maximum absolute atomic E-state index is 12.9. The largest absolute Gasteiger partial charge is 0.618 e. The molecule has 2 unspecified atom stereocenters. The molecule has 2 aromatic carbocycles. The van der Waals surface area contributed by atoms with E-state index in [1.54, 1.807) is 24.8 Å². The summed E-state index contributed by atoms with van der Waals surface area (Å²) in [5.74, 6) is 0.116. The SMILES string of the molecule is O=C(Cc1cccnc1)N1CCN(C2c3ccc(Cl)cc3CCc3ccc[n+]([O-])c32)CC1.[O-][n+]1cccc2c1C(N1CCNCC1)c1ccc(Cl)cc1CC2. The van der Waals surface area contributed by atoms with Gasteiger partial charge >= 0.3 is 0 Å². The summed E-state index contributed by atoms with van der Waals surface area (Å²) in [6.07, 6.45) is 10.5.